The molecule has 1 atom stereocenters. The molecule has 0 aliphatic rings. The van der Waals surface area contributed by atoms with Crippen LogP contribution in [0.5, 0.6) is 0 Å². The summed E-state index contributed by atoms with van der Waals surface area (Å²) in [6, 6.07) is 6.73. The molecular formula is C12H17NO3. The van der Waals surface area contributed by atoms with Gasteiger partial charge in [0.15, 0.2) is 0 Å². The maximum absolute atomic E-state index is 10.6. The molecule has 0 amide bonds. The highest BCUT2D eigenvalue weighted by Crippen LogP contribution is 2.08. The molecule has 0 heterocycles. The number of aliphatic hydroxyl groups is 1. The van der Waals surface area contributed by atoms with Crippen LogP contribution >= 0.6 is 0 Å². The Morgan fingerprint density at radius 3 is 2.31 bits per heavy atom. The lowest BCUT2D eigenvalue weighted by Gasteiger charge is -2.17. The van der Waals surface area contributed by atoms with Gasteiger partial charge >= 0.3 is 5.97 Å². The number of carbonyl (C=O) groups is 1. The lowest BCUT2D eigenvalue weighted by Crippen LogP contribution is -2.27. The third-order valence-electron chi connectivity index (χ3n) is 2.49. The molecule has 1 rings (SSSR count). The Kier molecular flexibility index (Phi) is 4.46. The molecule has 0 spiro atoms. The van der Waals surface area contributed by atoms with Crippen molar-refractivity contribution in [3.05, 3.63) is 35.4 Å². The molecule has 2 N–H and O–H groups in total. The van der Waals surface area contributed by atoms with Crippen molar-refractivity contribution in [2.24, 2.45) is 0 Å². The summed E-state index contributed by atoms with van der Waals surface area (Å²) in [5.41, 5.74) is 1.32. The average molecular weight is 223 g/mol. The van der Waals surface area contributed by atoms with Gasteiger partial charge in [-0.15, -0.1) is 0 Å². The molecule has 4 nitrogen and oxygen atoms in total. The molecule has 0 aliphatic carbocycles. The highest BCUT2D eigenvalue weighted by atomic mass is 16.4. The summed E-state index contributed by atoms with van der Waals surface area (Å²) in [7, 11) is 3.64. The van der Waals surface area contributed by atoms with Gasteiger partial charge in [-0.2, -0.15) is 0 Å². The van der Waals surface area contributed by atoms with E-state index in [1.165, 1.54) is 0 Å². The van der Waals surface area contributed by atoms with E-state index in [0.29, 0.717) is 6.42 Å². The molecule has 1 aromatic carbocycles. The Labute approximate surface area is 95.1 Å². The number of carboxylic acid groups (broad SMARTS) is 1. The van der Waals surface area contributed by atoms with Crippen LogP contribution in [0.1, 0.15) is 22.3 Å². The topological polar surface area (TPSA) is 60.8 Å². The van der Waals surface area contributed by atoms with Crippen LogP contribution < -0.4 is 0 Å². The second kappa shape index (κ2) is 5.63. The maximum atomic E-state index is 10.6. The number of rotatable bonds is 5. The van der Waals surface area contributed by atoms with Crippen LogP contribution in [0.25, 0.3) is 0 Å². The van der Waals surface area contributed by atoms with E-state index in [2.05, 4.69) is 0 Å². The van der Waals surface area contributed by atoms with Gasteiger partial charge in [-0.05, 0) is 44.6 Å². The molecule has 0 saturated carbocycles. The van der Waals surface area contributed by atoms with Crippen LogP contribution in [-0.4, -0.2) is 41.4 Å². The van der Waals surface area contributed by atoms with Gasteiger partial charge in [0.2, 0.25) is 0 Å². The second-order valence-electron chi connectivity index (χ2n) is 3.98. The van der Waals surface area contributed by atoms with Crippen molar-refractivity contribution in [3.8, 4) is 0 Å². The van der Waals surface area contributed by atoms with Gasteiger partial charge in [-0.1, -0.05) is 12.1 Å². The second-order valence-corrected chi connectivity index (χ2v) is 3.98. The zero-order valence-corrected chi connectivity index (χ0v) is 9.55. The van der Waals surface area contributed by atoms with Crippen LogP contribution in [0.3, 0.4) is 0 Å². The van der Waals surface area contributed by atoms with Crippen LogP contribution in [-0.2, 0) is 6.42 Å². The molecule has 1 unspecified atom stereocenters. The van der Waals surface area contributed by atoms with Gasteiger partial charge in [-0.3, -0.25) is 4.90 Å². The maximum Gasteiger partial charge on any atom is 0.335 e. The van der Waals surface area contributed by atoms with Crippen molar-refractivity contribution >= 4 is 5.97 Å². The summed E-state index contributed by atoms with van der Waals surface area (Å²) in [5, 5.41) is 18.3. The Balaban J connectivity index is 2.53. The molecule has 0 aliphatic heterocycles. The Hall–Kier alpha value is -1.39. The summed E-state index contributed by atoms with van der Waals surface area (Å²) >= 11 is 0. The lowest BCUT2D eigenvalue weighted by atomic mass is 10.1. The average Bonchev–Trinajstić information content (AvgIpc) is 2.26. The van der Waals surface area contributed by atoms with Crippen LogP contribution in [0, 0.1) is 0 Å². The SMILES string of the molecule is CN(C)C(O)CCc1ccc(C(=O)O)cc1. The van der Waals surface area contributed by atoms with E-state index in [1.807, 2.05) is 14.1 Å². The number of nitrogens with zero attached hydrogens (tertiary/aromatic N) is 1. The molecule has 88 valence electrons. The van der Waals surface area contributed by atoms with E-state index in [0.717, 1.165) is 12.0 Å². The first-order valence-corrected chi connectivity index (χ1v) is 5.17. The minimum absolute atomic E-state index is 0.289. The number of hydrogen-bond donors (Lipinski definition) is 2. The Bertz CT molecular complexity index is 346. The van der Waals surface area contributed by atoms with E-state index in [-0.39, 0.29) is 5.56 Å². The van der Waals surface area contributed by atoms with Gasteiger partial charge in [-0.25, -0.2) is 4.79 Å². The summed E-state index contributed by atoms with van der Waals surface area (Å²) < 4.78 is 0. The summed E-state index contributed by atoms with van der Waals surface area (Å²) in [5.74, 6) is -0.917. The van der Waals surface area contributed by atoms with Crippen molar-refractivity contribution in [2.75, 3.05) is 14.1 Å². The van der Waals surface area contributed by atoms with Gasteiger partial charge < -0.3 is 10.2 Å². The predicted octanol–water partition coefficient (Wildman–Crippen LogP) is 1.20. The molecule has 0 aromatic heterocycles. The van der Waals surface area contributed by atoms with E-state index >= 15 is 0 Å². The zero-order valence-electron chi connectivity index (χ0n) is 9.55. The summed E-state index contributed by atoms with van der Waals surface area (Å²) in [6.07, 6.45) is 0.915. The smallest absolute Gasteiger partial charge is 0.335 e. The van der Waals surface area contributed by atoms with Crippen molar-refractivity contribution in [3.63, 3.8) is 0 Å². The van der Waals surface area contributed by atoms with Crippen molar-refractivity contribution in [1.82, 2.24) is 4.90 Å². The zero-order chi connectivity index (χ0) is 12.1. The number of carboxylic acids is 1. The number of aliphatic hydroxyl groups excluding tert-OH is 1. The predicted molar refractivity (Wildman–Crippen MR) is 61.4 cm³/mol. The van der Waals surface area contributed by atoms with Crippen LogP contribution in [0.15, 0.2) is 24.3 Å². The number of hydrogen-bond acceptors (Lipinski definition) is 3. The van der Waals surface area contributed by atoms with Gasteiger partial charge in [0.1, 0.15) is 6.23 Å². The van der Waals surface area contributed by atoms with Crippen molar-refractivity contribution < 1.29 is 15.0 Å². The lowest BCUT2D eigenvalue weighted by molar-refractivity contribution is 0.0337. The number of benzene rings is 1. The first kappa shape index (κ1) is 12.7. The highest BCUT2D eigenvalue weighted by Gasteiger charge is 2.07. The van der Waals surface area contributed by atoms with Gasteiger partial charge in [0, 0.05) is 0 Å². The largest absolute Gasteiger partial charge is 0.478 e. The molecule has 0 bridgehead atoms. The normalized spacial score (nSPS) is 12.8. The molecular weight excluding hydrogens is 206 g/mol. The molecule has 0 fully saturated rings. The molecule has 0 saturated heterocycles. The van der Waals surface area contributed by atoms with E-state index in [1.54, 1.807) is 29.2 Å². The minimum Gasteiger partial charge on any atom is -0.478 e. The Morgan fingerprint density at radius 2 is 1.88 bits per heavy atom. The van der Waals surface area contributed by atoms with E-state index in [9.17, 15) is 9.90 Å². The standard InChI is InChI=1S/C12H17NO3/c1-13(2)11(14)8-5-9-3-6-10(7-4-9)12(15)16/h3-4,6-7,11,14H,5,8H2,1-2H3,(H,15,16). The van der Waals surface area contributed by atoms with E-state index < -0.39 is 12.2 Å². The first-order chi connectivity index (χ1) is 7.50. The third-order valence-corrected chi connectivity index (χ3v) is 2.49. The van der Waals surface area contributed by atoms with Crippen LogP contribution in [0.2, 0.25) is 0 Å². The minimum atomic E-state index is -0.917. The fraction of sp³-hybridized carbons (Fsp3) is 0.417. The molecule has 0 radical (unpaired) electrons. The number of aryl methyl sites for hydroxylation is 1. The fourth-order valence-electron chi connectivity index (χ4n) is 1.37. The van der Waals surface area contributed by atoms with E-state index in [4.69, 9.17) is 5.11 Å². The van der Waals surface area contributed by atoms with Crippen molar-refractivity contribution in [2.45, 2.75) is 19.1 Å². The monoisotopic (exact) mass is 223 g/mol. The highest BCUT2D eigenvalue weighted by molar-refractivity contribution is 5.87. The summed E-state index contributed by atoms with van der Waals surface area (Å²) in [4.78, 5) is 12.4. The quantitative estimate of drug-likeness (QED) is 0.736. The Morgan fingerprint density at radius 1 is 1.31 bits per heavy atom. The summed E-state index contributed by atoms with van der Waals surface area (Å²) in [6.45, 7) is 0. The van der Waals surface area contributed by atoms with Crippen LogP contribution in [0.4, 0.5) is 0 Å². The van der Waals surface area contributed by atoms with Gasteiger partial charge in [0.25, 0.3) is 0 Å². The molecule has 4 heteroatoms. The fourth-order valence-corrected chi connectivity index (χ4v) is 1.37. The first-order valence-electron chi connectivity index (χ1n) is 5.17. The molecule has 1 aromatic rings. The third kappa shape index (κ3) is 3.64. The number of aromatic carboxylic acids is 1. The molecule has 16 heavy (non-hydrogen) atoms. The van der Waals surface area contributed by atoms with Gasteiger partial charge in [0.05, 0.1) is 5.56 Å². The van der Waals surface area contributed by atoms with Crippen molar-refractivity contribution in [1.29, 1.82) is 0 Å².